The average molecular weight is 311 g/mol. The van der Waals surface area contributed by atoms with Gasteiger partial charge in [-0.15, -0.1) is 0 Å². The van der Waals surface area contributed by atoms with Crippen LogP contribution in [0, 0.1) is 5.82 Å². The second-order valence-electron chi connectivity index (χ2n) is 3.69. The maximum Gasteiger partial charge on any atom is 0.169 e. The van der Waals surface area contributed by atoms with Crippen LogP contribution in [0.2, 0.25) is 0 Å². The quantitative estimate of drug-likeness (QED) is 0.843. The maximum atomic E-state index is 13.5. The highest BCUT2D eigenvalue weighted by atomic mass is 79.9. The first-order valence-electron chi connectivity index (χ1n) is 5.40. The minimum atomic E-state index is -0.377. The van der Waals surface area contributed by atoms with E-state index in [-0.39, 0.29) is 11.6 Å². The fraction of sp³-hybridized carbons (Fsp3) is 0.143. The third-order valence-electron chi connectivity index (χ3n) is 2.46. The van der Waals surface area contributed by atoms with E-state index >= 15 is 0 Å². The van der Waals surface area contributed by atoms with E-state index in [1.54, 1.807) is 19.2 Å². The number of para-hydroxylation sites is 1. The van der Waals surface area contributed by atoms with Gasteiger partial charge < -0.3 is 9.47 Å². The first kappa shape index (κ1) is 12.9. The summed E-state index contributed by atoms with van der Waals surface area (Å²) in [5.74, 6) is 0.636. The Morgan fingerprint density at radius 2 is 1.83 bits per heavy atom. The van der Waals surface area contributed by atoms with Gasteiger partial charge in [0.25, 0.3) is 0 Å². The first-order valence-corrected chi connectivity index (χ1v) is 6.20. The van der Waals surface area contributed by atoms with Gasteiger partial charge in [0.2, 0.25) is 0 Å². The molecule has 0 bridgehead atoms. The van der Waals surface area contributed by atoms with Crippen molar-refractivity contribution in [1.29, 1.82) is 0 Å². The highest BCUT2D eigenvalue weighted by molar-refractivity contribution is 9.10. The molecule has 2 aromatic carbocycles. The lowest BCUT2D eigenvalue weighted by atomic mass is 10.2. The van der Waals surface area contributed by atoms with Gasteiger partial charge in [-0.3, -0.25) is 0 Å². The fourth-order valence-corrected chi connectivity index (χ4v) is 1.95. The van der Waals surface area contributed by atoms with E-state index in [1.165, 1.54) is 6.07 Å². The van der Waals surface area contributed by atoms with Crippen LogP contribution >= 0.6 is 15.9 Å². The van der Waals surface area contributed by atoms with Gasteiger partial charge in [0.15, 0.2) is 11.6 Å². The van der Waals surface area contributed by atoms with E-state index in [1.807, 2.05) is 24.3 Å². The Kier molecular flexibility index (Phi) is 4.20. The van der Waals surface area contributed by atoms with Crippen molar-refractivity contribution >= 4 is 15.9 Å². The SMILES string of the molecule is COc1ccc(COc2c(F)cccc2Br)cc1. The normalized spacial score (nSPS) is 10.2. The lowest BCUT2D eigenvalue weighted by Gasteiger charge is -2.09. The second-order valence-corrected chi connectivity index (χ2v) is 4.54. The third kappa shape index (κ3) is 3.01. The van der Waals surface area contributed by atoms with Gasteiger partial charge in [0.05, 0.1) is 11.6 Å². The lowest BCUT2D eigenvalue weighted by Crippen LogP contribution is -1.98. The predicted octanol–water partition coefficient (Wildman–Crippen LogP) is 4.18. The maximum absolute atomic E-state index is 13.5. The Balaban J connectivity index is 2.06. The molecule has 94 valence electrons. The molecule has 2 rings (SSSR count). The summed E-state index contributed by atoms with van der Waals surface area (Å²) in [5, 5.41) is 0. The Bertz CT molecular complexity index is 506. The third-order valence-corrected chi connectivity index (χ3v) is 3.09. The number of hydrogen-bond acceptors (Lipinski definition) is 2. The smallest absolute Gasteiger partial charge is 0.169 e. The zero-order chi connectivity index (χ0) is 13.0. The van der Waals surface area contributed by atoms with Gasteiger partial charge in [-0.05, 0) is 45.8 Å². The monoisotopic (exact) mass is 310 g/mol. The molecule has 0 N–H and O–H groups in total. The highest BCUT2D eigenvalue weighted by Crippen LogP contribution is 2.28. The molecule has 0 radical (unpaired) electrons. The van der Waals surface area contributed by atoms with Gasteiger partial charge in [-0.2, -0.15) is 0 Å². The summed E-state index contributed by atoms with van der Waals surface area (Å²) in [6.45, 7) is 0.309. The van der Waals surface area contributed by atoms with Crippen molar-refractivity contribution < 1.29 is 13.9 Å². The number of methoxy groups -OCH3 is 1. The summed E-state index contributed by atoms with van der Waals surface area (Å²) >= 11 is 3.26. The van der Waals surface area contributed by atoms with Crippen LogP contribution in [0.15, 0.2) is 46.9 Å². The minimum absolute atomic E-state index is 0.230. The van der Waals surface area contributed by atoms with Crippen LogP contribution in [0.4, 0.5) is 4.39 Å². The van der Waals surface area contributed by atoms with Crippen LogP contribution in [-0.2, 0) is 6.61 Å². The molecule has 0 fully saturated rings. The van der Waals surface area contributed by atoms with Gasteiger partial charge in [0.1, 0.15) is 12.4 Å². The van der Waals surface area contributed by atoms with E-state index < -0.39 is 0 Å². The van der Waals surface area contributed by atoms with Crippen molar-refractivity contribution in [2.45, 2.75) is 6.61 Å². The largest absolute Gasteiger partial charge is 0.497 e. The summed E-state index contributed by atoms with van der Waals surface area (Å²) in [6.07, 6.45) is 0. The molecule has 0 saturated heterocycles. The standard InChI is InChI=1S/C14H12BrFO2/c1-17-11-7-5-10(6-8-11)9-18-14-12(15)3-2-4-13(14)16/h2-8H,9H2,1H3. The van der Waals surface area contributed by atoms with E-state index in [2.05, 4.69) is 15.9 Å². The van der Waals surface area contributed by atoms with Gasteiger partial charge in [0, 0.05) is 0 Å². The minimum Gasteiger partial charge on any atom is -0.497 e. The topological polar surface area (TPSA) is 18.5 Å². The van der Waals surface area contributed by atoms with Crippen LogP contribution in [0.3, 0.4) is 0 Å². The van der Waals surface area contributed by atoms with Gasteiger partial charge >= 0.3 is 0 Å². The summed E-state index contributed by atoms with van der Waals surface area (Å²) in [4.78, 5) is 0. The predicted molar refractivity (Wildman–Crippen MR) is 71.4 cm³/mol. The number of benzene rings is 2. The molecular formula is C14H12BrFO2. The Hall–Kier alpha value is -1.55. The lowest BCUT2D eigenvalue weighted by molar-refractivity contribution is 0.288. The number of rotatable bonds is 4. The molecule has 0 aromatic heterocycles. The molecule has 0 unspecified atom stereocenters. The second kappa shape index (κ2) is 5.87. The van der Waals surface area contributed by atoms with Gasteiger partial charge in [-0.1, -0.05) is 18.2 Å². The van der Waals surface area contributed by atoms with Crippen LogP contribution in [0.1, 0.15) is 5.56 Å². The molecule has 0 aliphatic carbocycles. The molecule has 0 aliphatic rings. The molecule has 4 heteroatoms. The fourth-order valence-electron chi connectivity index (χ4n) is 1.50. The molecule has 0 aliphatic heterocycles. The zero-order valence-electron chi connectivity index (χ0n) is 9.82. The van der Waals surface area contributed by atoms with E-state index in [0.717, 1.165) is 11.3 Å². The molecule has 0 amide bonds. The van der Waals surface area contributed by atoms with Crippen molar-refractivity contribution in [3.8, 4) is 11.5 Å². The van der Waals surface area contributed by atoms with Crippen LogP contribution in [0.25, 0.3) is 0 Å². The van der Waals surface area contributed by atoms with Crippen molar-refractivity contribution in [1.82, 2.24) is 0 Å². The summed E-state index contributed by atoms with van der Waals surface area (Å²) in [5.41, 5.74) is 0.950. The van der Waals surface area contributed by atoms with Crippen molar-refractivity contribution in [3.05, 3.63) is 58.3 Å². The number of hydrogen-bond donors (Lipinski definition) is 0. The molecule has 18 heavy (non-hydrogen) atoms. The first-order chi connectivity index (χ1) is 8.70. The summed E-state index contributed by atoms with van der Waals surface area (Å²) in [6, 6.07) is 12.2. The van der Waals surface area contributed by atoms with E-state index in [4.69, 9.17) is 9.47 Å². The Morgan fingerprint density at radius 3 is 2.44 bits per heavy atom. The molecule has 0 saturated carbocycles. The van der Waals surface area contributed by atoms with E-state index in [9.17, 15) is 4.39 Å². The van der Waals surface area contributed by atoms with Crippen LogP contribution in [0.5, 0.6) is 11.5 Å². The molecule has 0 heterocycles. The molecule has 0 atom stereocenters. The summed E-state index contributed by atoms with van der Waals surface area (Å²) < 4.78 is 24.6. The zero-order valence-corrected chi connectivity index (χ0v) is 11.4. The van der Waals surface area contributed by atoms with Crippen molar-refractivity contribution in [3.63, 3.8) is 0 Å². The Morgan fingerprint density at radius 1 is 1.11 bits per heavy atom. The molecule has 2 nitrogen and oxygen atoms in total. The van der Waals surface area contributed by atoms with Crippen molar-refractivity contribution in [2.24, 2.45) is 0 Å². The summed E-state index contributed by atoms with van der Waals surface area (Å²) in [7, 11) is 1.61. The van der Waals surface area contributed by atoms with E-state index in [0.29, 0.717) is 11.1 Å². The average Bonchev–Trinajstić information content (AvgIpc) is 2.39. The van der Waals surface area contributed by atoms with Crippen molar-refractivity contribution in [2.75, 3.05) is 7.11 Å². The van der Waals surface area contributed by atoms with Gasteiger partial charge in [-0.25, -0.2) is 4.39 Å². The Labute approximate surface area is 113 Å². The molecule has 2 aromatic rings. The number of ether oxygens (including phenoxy) is 2. The highest BCUT2D eigenvalue weighted by Gasteiger charge is 2.07. The van der Waals surface area contributed by atoms with Crippen LogP contribution < -0.4 is 9.47 Å². The molecular weight excluding hydrogens is 299 g/mol. The molecule has 0 spiro atoms. The van der Waals surface area contributed by atoms with Crippen LogP contribution in [-0.4, -0.2) is 7.11 Å². The number of halogens is 2.